The van der Waals surface area contributed by atoms with Crippen molar-refractivity contribution in [3.63, 3.8) is 0 Å². The first-order chi connectivity index (χ1) is 7.36. The highest BCUT2D eigenvalue weighted by molar-refractivity contribution is 9.10. The zero-order valence-electron chi connectivity index (χ0n) is 9.19. The maximum atomic E-state index is 10.8. The average Bonchev–Trinajstić information content (AvgIpc) is 2.17. The summed E-state index contributed by atoms with van der Waals surface area (Å²) < 4.78 is 5.88. The molecule has 0 spiro atoms. The van der Waals surface area contributed by atoms with Crippen LogP contribution in [-0.2, 0) is 0 Å². The van der Waals surface area contributed by atoms with Gasteiger partial charge < -0.3 is 4.74 Å². The van der Waals surface area contributed by atoms with Crippen molar-refractivity contribution >= 4 is 27.7 Å². The zero-order valence-corrected chi connectivity index (χ0v) is 11.6. The number of ether oxygens (including phenoxy) is 1. The molecule has 0 aliphatic rings. The Kier molecular flexibility index (Phi) is 4.21. The SMILES string of the molecule is COc1ccc(SC(C)(C)[N+](=O)[O-])cc1Br. The fourth-order valence-corrected chi connectivity index (χ4v) is 2.69. The summed E-state index contributed by atoms with van der Waals surface area (Å²) >= 11 is 4.55. The van der Waals surface area contributed by atoms with Crippen molar-refractivity contribution in [1.82, 2.24) is 0 Å². The van der Waals surface area contributed by atoms with Gasteiger partial charge in [-0.05, 0) is 45.9 Å². The van der Waals surface area contributed by atoms with E-state index in [0.29, 0.717) is 5.75 Å². The minimum atomic E-state index is -1.03. The number of hydrogen-bond acceptors (Lipinski definition) is 4. The van der Waals surface area contributed by atoms with Gasteiger partial charge in [-0.3, -0.25) is 10.1 Å². The molecular weight excluding hydrogens is 294 g/mol. The molecule has 0 N–H and O–H groups in total. The van der Waals surface area contributed by atoms with Crippen LogP contribution in [0.4, 0.5) is 0 Å². The highest BCUT2D eigenvalue weighted by Gasteiger charge is 2.32. The number of thioether (sulfide) groups is 1. The van der Waals surface area contributed by atoms with Crippen molar-refractivity contribution in [2.24, 2.45) is 0 Å². The lowest BCUT2D eigenvalue weighted by Gasteiger charge is -2.15. The summed E-state index contributed by atoms with van der Waals surface area (Å²) in [5.74, 6) is 0.711. The number of nitro groups is 1. The van der Waals surface area contributed by atoms with E-state index in [2.05, 4.69) is 15.9 Å². The third-order valence-electron chi connectivity index (χ3n) is 1.93. The summed E-state index contributed by atoms with van der Waals surface area (Å²) in [4.78, 5) is 10.3. The molecule has 1 aromatic carbocycles. The predicted octanol–water partition coefficient (Wildman–Crippen LogP) is 3.56. The van der Waals surface area contributed by atoms with Gasteiger partial charge in [-0.25, -0.2) is 0 Å². The summed E-state index contributed by atoms with van der Waals surface area (Å²) in [7, 11) is 1.58. The topological polar surface area (TPSA) is 52.4 Å². The smallest absolute Gasteiger partial charge is 0.266 e. The Morgan fingerprint density at radius 1 is 1.50 bits per heavy atom. The monoisotopic (exact) mass is 305 g/mol. The quantitative estimate of drug-likeness (QED) is 0.369. The van der Waals surface area contributed by atoms with Gasteiger partial charge in [-0.2, -0.15) is 0 Å². The number of hydrogen-bond donors (Lipinski definition) is 0. The van der Waals surface area contributed by atoms with Crippen LogP contribution in [0.3, 0.4) is 0 Å². The molecule has 1 aromatic rings. The first-order valence-electron chi connectivity index (χ1n) is 4.54. The maximum absolute atomic E-state index is 10.8. The molecule has 0 aliphatic heterocycles. The lowest BCUT2D eigenvalue weighted by Crippen LogP contribution is -2.26. The summed E-state index contributed by atoms with van der Waals surface area (Å²) in [6, 6.07) is 5.40. The van der Waals surface area contributed by atoms with Crippen LogP contribution in [0.1, 0.15) is 13.8 Å². The second-order valence-corrected chi connectivity index (χ2v) is 6.13. The van der Waals surface area contributed by atoms with Crippen LogP contribution >= 0.6 is 27.7 Å². The second-order valence-electron chi connectivity index (χ2n) is 3.60. The van der Waals surface area contributed by atoms with Gasteiger partial charge in [-0.15, -0.1) is 0 Å². The Hall–Kier alpha value is -0.750. The van der Waals surface area contributed by atoms with Crippen molar-refractivity contribution in [2.75, 3.05) is 7.11 Å². The molecule has 6 heteroatoms. The van der Waals surface area contributed by atoms with Gasteiger partial charge in [0.1, 0.15) is 5.75 Å². The summed E-state index contributed by atoms with van der Waals surface area (Å²) in [6.07, 6.45) is 0. The lowest BCUT2D eigenvalue weighted by molar-refractivity contribution is -0.528. The molecule has 4 nitrogen and oxygen atoms in total. The molecule has 0 fully saturated rings. The Balaban J connectivity index is 2.91. The molecular formula is C10H12BrNO3S. The molecule has 0 saturated heterocycles. The number of methoxy groups -OCH3 is 1. The molecule has 0 unspecified atom stereocenters. The molecule has 0 bridgehead atoms. The van der Waals surface area contributed by atoms with Crippen LogP contribution in [-0.4, -0.2) is 16.9 Å². The summed E-state index contributed by atoms with van der Waals surface area (Å²) in [5.41, 5.74) is 0. The van der Waals surface area contributed by atoms with E-state index in [1.165, 1.54) is 11.8 Å². The van der Waals surface area contributed by atoms with E-state index in [9.17, 15) is 10.1 Å². The number of halogens is 1. The predicted molar refractivity (Wildman–Crippen MR) is 67.6 cm³/mol. The standard InChI is InChI=1S/C10H12BrNO3S/c1-10(2,12(13)14)16-7-4-5-9(15-3)8(11)6-7/h4-6H,1-3H3. The van der Waals surface area contributed by atoms with Gasteiger partial charge in [0.15, 0.2) is 0 Å². The second kappa shape index (κ2) is 5.05. The molecule has 0 atom stereocenters. The summed E-state index contributed by atoms with van der Waals surface area (Å²) in [6.45, 7) is 3.16. The van der Waals surface area contributed by atoms with Gasteiger partial charge in [0.05, 0.1) is 11.6 Å². The van der Waals surface area contributed by atoms with Crippen molar-refractivity contribution in [2.45, 2.75) is 23.6 Å². The minimum Gasteiger partial charge on any atom is -0.496 e. The third kappa shape index (κ3) is 3.12. The molecule has 0 amide bonds. The fraction of sp³-hybridized carbons (Fsp3) is 0.400. The van der Waals surface area contributed by atoms with Gasteiger partial charge in [-0.1, -0.05) is 0 Å². The fourth-order valence-electron chi connectivity index (χ4n) is 1.04. The van der Waals surface area contributed by atoms with Crippen LogP contribution in [0, 0.1) is 10.1 Å². The highest BCUT2D eigenvalue weighted by atomic mass is 79.9. The Morgan fingerprint density at radius 2 is 2.12 bits per heavy atom. The Bertz CT molecular complexity index is 409. The zero-order chi connectivity index (χ0) is 12.3. The molecule has 0 aromatic heterocycles. The highest BCUT2D eigenvalue weighted by Crippen LogP contribution is 2.36. The molecule has 0 saturated carbocycles. The van der Waals surface area contributed by atoms with Crippen LogP contribution in [0.15, 0.2) is 27.6 Å². The van der Waals surface area contributed by atoms with Crippen LogP contribution in [0.5, 0.6) is 5.75 Å². The van der Waals surface area contributed by atoms with Crippen LogP contribution in [0.2, 0.25) is 0 Å². The minimum absolute atomic E-state index is 0.296. The lowest BCUT2D eigenvalue weighted by atomic mass is 10.3. The van der Waals surface area contributed by atoms with E-state index in [4.69, 9.17) is 4.74 Å². The number of rotatable bonds is 4. The van der Waals surface area contributed by atoms with Crippen LogP contribution < -0.4 is 4.74 Å². The largest absolute Gasteiger partial charge is 0.496 e. The molecule has 0 heterocycles. The third-order valence-corrected chi connectivity index (χ3v) is 3.69. The van der Waals surface area contributed by atoms with E-state index in [-0.39, 0.29) is 4.92 Å². The molecule has 0 radical (unpaired) electrons. The number of nitrogens with zero attached hydrogens (tertiary/aromatic N) is 1. The van der Waals surface area contributed by atoms with E-state index in [1.807, 2.05) is 6.07 Å². The molecule has 0 aliphatic carbocycles. The van der Waals surface area contributed by atoms with Gasteiger partial charge in [0.2, 0.25) is 0 Å². The molecule has 88 valence electrons. The van der Waals surface area contributed by atoms with E-state index in [1.54, 1.807) is 33.1 Å². The van der Waals surface area contributed by atoms with E-state index >= 15 is 0 Å². The van der Waals surface area contributed by atoms with Gasteiger partial charge in [0.25, 0.3) is 4.87 Å². The van der Waals surface area contributed by atoms with Crippen molar-refractivity contribution < 1.29 is 9.66 Å². The number of benzene rings is 1. The van der Waals surface area contributed by atoms with E-state index in [0.717, 1.165) is 9.37 Å². The van der Waals surface area contributed by atoms with Crippen LogP contribution in [0.25, 0.3) is 0 Å². The van der Waals surface area contributed by atoms with Crippen molar-refractivity contribution in [3.05, 3.63) is 32.8 Å². The van der Waals surface area contributed by atoms with Gasteiger partial charge >= 0.3 is 0 Å². The van der Waals surface area contributed by atoms with Crippen molar-refractivity contribution in [1.29, 1.82) is 0 Å². The Labute approximate surface area is 107 Å². The normalized spacial score (nSPS) is 11.2. The molecule has 16 heavy (non-hydrogen) atoms. The van der Waals surface area contributed by atoms with Crippen molar-refractivity contribution in [3.8, 4) is 5.75 Å². The first-order valence-corrected chi connectivity index (χ1v) is 6.15. The van der Waals surface area contributed by atoms with Gasteiger partial charge in [0, 0.05) is 23.7 Å². The Morgan fingerprint density at radius 3 is 2.56 bits per heavy atom. The first kappa shape index (κ1) is 13.3. The molecule has 1 rings (SSSR count). The maximum Gasteiger partial charge on any atom is 0.266 e. The van der Waals surface area contributed by atoms with E-state index < -0.39 is 4.87 Å². The summed E-state index contributed by atoms with van der Waals surface area (Å²) in [5, 5.41) is 10.8. The average molecular weight is 306 g/mol.